The number of sulfone groups is 1. The maximum atomic E-state index is 10.8. The van der Waals surface area contributed by atoms with E-state index < -0.39 is 20.0 Å². The maximum absolute atomic E-state index is 10.8. The molecule has 0 bridgehead atoms. The fraction of sp³-hybridized carbons (Fsp3) is 1.00. The minimum atomic E-state index is -3.34. The van der Waals surface area contributed by atoms with Gasteiger partial charge in [-0.1, -0.05) is 0 Å². The van der Waals surface area contributed by atoms with Crippen molar-refractivity contribution in [2.24, 2.45) is 0 Å². The van der Waals surface area contributed by atoms with Crippen LogP contribution in [0, 0.1) is 0 Å². The van der Waals surface area contributed by atoms with Crippen LogP contribution in [0.25, 0.3) is 0 Å². The van der Waals surface area contributed by atoms with Crippen molar-refractivity contribution >= 4 is 20.0 Å². The van der Waals surface area contributed by atoms with Crippen molar-refractivity contribution in [1.82, 2.24) is 5.32 Å². The number of unbranched alkanes of at least 4 members (excludes halogenated alkanes) is 1. The molecule has 0 atom stereocenters. The molecule has 0 aromatic rings. The summed E-state index contributed by atoms with van der Waals surface area (Å²) in [4.78, 5) is 0. The molecule has 0 rings (SSSR count). The smallest absolute Gasteiger partial charge is 0.264 e. The van der Waals surface area contributed by atoms with Gasteiger partial charge in [0.15, 0.2) is 0 Å². The highest BCUT2D eigenvalue weighted by molar-refractivity contribution is 7.90. The average Bonchev–Trinajstić information content (AvgIpc) is 2.11. The molecule has 0 heterocycles. The molecule has 0 fully saturated rings. The maximum Gasteiger partial charge on any atom is 0.264 e. The van der Waals surface area contributed by atoms with Crippen LogP contribution in [0.1, 0.15) is 19.3 Å². The van der Waals surface area contributed by atoms with Gasteiger partial charge in [-0.15, -0.1) is 0 Å². The van der Waals surface area contributed by atoms with E-state index in [0.717, 1.165) is 19.2 Å². The number of hydrogen-bond donors (Lipinski definition) is 1. The van der Waals surface area contributed by atoms with Crippen molar-refractivity contribution < 1.29 is 21.0 Å². The Bertz CT molecular complexity index is 350. The number of hydrogen-bond acceptors (Lipinski definition) is 6. The fourth-order valence-electron chi connectivity index (χ4n) is 1.15. The molecular weight excluding hydrogens is 266 g/mol. The van der Waals surface area contributed by atoms with Gasteiger partial charge in [0.2, 0.25) is 0 Å². The molecule has 0 aromatic carbocycles. The minimum Gasteiger partial charge on any atom is -0.317 e. The van der Waals surface area contributed by atoms with Crippen LogP contribution in [0.5, 0.6) is 0 Å². The SMILES string of the molecule is CS(=O)(=O)CCCCNCCCOS(C)(=O)=O. The van der Waals surface area contributed by atoms with E-state index in [-0.39, 0.29) is 12.4 Å². The van der Waals surface area contributed by atoms with Crippen LogP contribution < -0.4 is 5.32 Å². The van der Waals surface area contributed by atoms with Crippen LogP contribution in [-0.2, 0) is 24.1 Å². The van der Waals surface area contributed by atoms with Gasteiger partial charge in [0.05, 0.1) is 12.9 Å². The topological polar surface area (TPSA) is 89.5 Å². The van der Waals surface area contributed by atoms with Crippen molar-refractivity contribution in [2.75, 3.05) is 38.0 Å². The Labute approximate surface area is 104 Å². The van der Waals surface area contributed by atoms with E-state index in [9.17, 15) is 16.8 Å². The van der Waals surface area contributed by atoms with Crippen molar-refractivity contribution in [3.8, 4) is 0 Å². The molecule has 6 nitrogen and oxygen atoms in total. The molecule has 1 N–H and O–H groups in total. The van der Waals surface area contributed by atoms with Gasteiger partial charge in [-0.05, 0) is 32.4 Å². The third-order valence-electron chi connectivity index (χ3n) is 1.91. The van der Waals surface area contributed by atoms with Crippen molar-refractivity contribution in [1.29, 1.82) is 0 Å². The van der Waals surface area contributed by atoms with Gasteiger partial charge in [-0.25, -0.2) is 8.42 Å². The summed E-state index contributed by atoms with van der Waals surface area (Å²) in [5, 5.41) is 3.09. The summed E-state index contributed by atoms with van der Waals surface area (Å²) in [5.74, 6) is 0.214. The summed E-state index contributed by atoms with van der Waals surface area (Å²) in [5.41, 5.74) is 0. The zero-order chi connectivity index (χ0) is 13.4. The highest BCUT2D eigenvalue weighted by Gasteiger charge is 2.01. The van der Waals surface area contributed by atoms with Gasteiger partial charge < -0.3 is 5.32 Å². The molecule has 0 saturated carbocycles. The van der Waals surface area contributed by atoms with Crippen LogP contribution in [0.15, 0.2) is 0 Å². The first kappa shape index (κ1) is 16.8. The lowest BCUT2D eigenvalue weighted by molar-refractivity contribution is 0.313. The van der Waals surface area contributed by atoms with Crippen LogP contribution in [0.2, 0.25) is 0 Å². The quantitative estimate of drug-likeness (QED) is 0.441. The first-order valence-electron chi connectivity index (χ1n) is 5.43. The minimum absolute atomic E-state index is 0.176. The standard InChI is InChI=1S/C9H21NO5S2/c1-16(11,12)9-4-3-6-10-7-5-8-15-17(2,13)14/h10H,3-9H2,1-2H3. The Balaban J connectivity index is 3.25. The molecule has 0 aliphatic heterocycles. The summed E-state index contributed by atoms with van der Waals surface area (Å²) >= 11 is 0. The van der Waals surface area contributed by atoms with E-state index >= 15 is 0 Å². The van der Waals surface area contributed by atoms with E-state index in [1.165, 1.54) is 6.26 Å². The summed E-state index contributed by atoms with van der Waals surface area (Å²) < 4.78 is 47.4. The summed E-state index contributed by atoms with van der Waals surface area (Å²) in [6.45, 7) is 1.57. The molecule has 0 spiro atoms. The largest absolute Gasteiger partial charge is 0.317 e. The summed E-state index contributed by atoms with van der Waals surface area (Å²) in [6.07, 6.45) is 4.29. The van der Waals surface area contributed by atoms with Gasteiger partial charge in [-0.2, -0.15) is 8.42 Å². The average molecular weight is 287 g/mol. The van der Waals surface area contributed by atoms with Crippen LogP contribution in [-0.4, -0.2) is 54.8 Å². The first-order valence-corrected chi connectivity index (χ1v) is 9.31. The summed E-state index contributed by atoms with van der Waals surface area (Å²) in [6, 6.07) is 0. The van der Waals surface area contributed by atoms with E-state index in [0.29, 0.717) is 19.4 Å². The van der Waals surface area contributed by atoms with Gasteiger partial charge in [-0.3, -0.25) is 4.18 Å². The van der Waals surface area contributed by atoms with Crippen LogP contribution in [0.3, 0.4) is 0 Å². The predicted octanol–water partition coefficient (Wildman–Crippen LogP) is -0.233. The monoisotopic (exact) mass is 287 g/mol. The van der Waals surface area contributed by atoms with E-state index in [1.807, 2.05) is 0 Å². The zero-order valence-electron chi connectivity index (χ0n) is 10.3. The molecule has 0 amide bonds. The molecule has 0 aliphatic carbocycles. The second-order valence-electron chi connectivity index (χ2n) is 3.97. The van der Waals surface area contributed by atoms with Gasteiger partial charge in [0.25, 0.3) is 10.1 Å². The first-order chi connectivity index (χ1) is 7.71. The third-order valence-corrected chi connectivity index (χ3v) is 3.54. The van der Waals surface area contributed by atoms with Crippen LogP contribution in [0.4, 0.5) is 0 Å². The Morgan fingerprint density at radius 3 is 2.06 bits per heavy atom. The van der Waals surface area contributed by atoms with Crippen molar-refractivity contribution in [2.45, 2.75) is 19.3 Å². The van der Waals surface area contributed by atoms with Crippen molar-refractivity contribution in [3.05, 3.63) is 0 Å². The summed E-state index contributed by atoms with van der Waals surface area (Å²) in [7, 11) is -6.19. The fourth-order valence-corrected chi connectivity index (χ4v) is 2.30. The van der Waals surface area contributed by atoms with Gasteiger partial charge in [0, 0.05) is 12.0 Å². The zero-order valence-corrected chi connectivity index (χ0v) is 11.9. The lowest BCUT2D eigenvalue weighted by atomic mass is 10.3. The lowest BCUT2D eigenvalue weighted by Crippen LogP contribution is -2.19. The Hall–Kier alpha value is -0.180. The Morgan fingerprint density at radius 2 is 1.53 bits per heavy atom. The Morgan fingerprint density at radius 1 is 0.941 bits per heavy atom. The van der Waals surface area contributed by atoms with E-state index in [2.05, 4.69) is 9.50 Å². The molecule has 0 saturated heterocycles. The number of rotatable bonds is 10. The Kier molecular flexibility index (Phi) is 7.93. The third kappa shape index (κ3) is 15.8. The molecule has 0 unspecified atom stereocenters. The highest BCUT2D eigenvalue weighted by atomic mass is 32.2. The predicted molar refractivity (Wildman–Crippen MR) is 67.2 cm³/mol. The second-order valence-corrected chi connectivity index (χ2v) is 7.87. The van der Waals surface area contributed by atoms with Crippen molar-refractivity contribution in [3.63, 3.8) is 0 Å². The molecular formula is C9H21NO5S2. The normalized spacial score (nSPS) is 12.8. The molecule has 8 heteroatoms. The molecule has 17 heavy (non-hydrogen) atoms. The number of nitrogens with one attached hydrogen (secondary N) is 1. The molecule has 0 aliphatic rings. The highest BCUT2D eigenvalue weighted by Crippen LogP contribution is 1.93. The van der Waals surface area contributed by atoms with E-state index in [1.54, 1.807) is 0 Å². The van der Waals surface area contributed by atoms with Gasteiger partial charge in [0.1, 0.15) is 9.84 Å². The van der Waals surface area contributed by atoms with Gasteiger partial charge >= 0.3 is 0 Å². The van der Waals surface area contributed by atoms with Crippen LogP contribution >= 0.6 is 0 Å². The lowest BCUT2D eigenvalue weighted by Gasteiger charge is -2.04. The molecule has 0 aromatic heterocycles. The molecule has 104 valence electrons. The second kappa shape index (κ2) is 8.02. The molecule has 0 radical (unpaired) electrons. The van der Waals surface area contributed by atoms with E-state index in [4.69, 9.17) is 0 Å².